The van der Waals surface area contributed by atoms with E-state index in [4.69, 9.17) is 10.5 Å². The number of esters is 1. The Balaban J connectivity index is 2.71. The van der Waals surface area contributed by atoms with Crippen LogP contribution in [0.5, 0.6) is 0 Å². The van der Waals surface area contributed by atoms with Crippen LogP contribution < -0.4 is 5.73 Å². The molecule has 1 aliphatic heterocycles. The lowest BCUT2D eigenvalue weighted by molar-refractivity contribution is -0.150. The van der Waals surface area contributed by atoms with Gasteiger partial charge in [0.05, 0.1) is 12.6 Å². The number of rotatable bonds is 5. The zero-order valence-electron chi connectivity index (χ0n) is 9.94. The summed E-state index contributed by atoms with van der Waals surface area (Å²) in [5.74, 6) is -0.599. The van der Waals surface area contributed by atoms with Gasteiger partial charge in [-0.2, -0.15) is 0 Å². The highest BCUT2D eigenvalue weighted by Crippen LogP contribution is 2.22. The highest BCUT2D eigenvalue weighted by atomic mass is 16.5. The topological polar surface area (TPSA) is 72.6 Å². The molecule has 1 amide bonds. The number of primary amides is 1. The third-order valence-electron chi connectivity index (χ3n) is 2.97. The summed E-state index contributed by atoms with van der Waals surface area (Å²) in [6.07, 6.45) is 2.29. The first-order chi connectivity index (χ1) is 7.61. The third kappa shape index (κ3) is 2.72. The quantitative estimate of drug-likeness (QED) is 0.686. The van der Waals surface area contributed by atoms with Gasteiger partial charge in [0.1, 0.15) is 6.04 Å². The molecule has 0 spiro atoms. The molecule has 5 nitrogen and oxygen atoms in total. The van der Waals surface area contributed by atoms with Crippen molar-refractivity contribution in [1.82, 2.24) is 4.90 Å². The van der Waals surface area contributed by atoms with Gasteiger partial charge in [-0.1, -0.05) is 6.92 Å². The zero-order valence-corrected chi connectivity index (χ0v) is 9.94. The van der Waals surface area contributed by atoms with Crippen molar-refractivity contribution in [2.45, 2.75) is 45.2 Å². The van der Waals surface area contributed by atoms with E-state index in [0.29, 0.717) is 13.0 Å². The van der Waals surface area contributed by atoms with Crippen molar-refractivity contribution >= 4 is 11.9 Å². The lowest BCUT2D eigenvalue weighted by atomic mass is 10.1. The van der Waals surface area contributed by atoms with Gasteiger partial charge >= 0.3 is 5.97 Å². The molecule has 0 saturated carbocycles. The van der Waals surface area contributed by atoms with E-state index < -0.39 is 0 Å². The Hall–Kier alpha value is -1.10. The molecule has 92 valence electrons. The molecule has 2 unspecified atom stereocenters. The van der Waals surface area contributed by atoms with Crippen LogP contribution >= 0.6 is 0 Å². The van der Waals surface area contributed by atoms with E-state index in [1.54, 1.807) is 6.92 Å². The van der Waals surface area contributed by atoms with Crippen LogP contribution in [0.25, 0.3) is 0 Å². The Labute approximate surface area is 95.9 Å². The summed E-state index contributed by atoms with van der Waals surface area (Å²) in [6, 6.07) is -0.644. The molecule has 1 fully saturated rings. The summed E-state index contributed by atoms with van der Waals surface area (Å²) in [6.45, 7) is 4.80. The SMILES string of the molecule is CCOC(=O)C(CC)N1CCCC1C(N)=O. The zero-order chi connectivity index (χ0) is 12.1. The second kappa shape index (κ2) is 5.84. The van der Waals surface area contributed by atoms with Crippen LogP contribution in [0.4, 0.5) is 0 Å². The second-order valence-electron chi connectivity index (χ2n) is 3.97. The molecule has 0 radical (unpaired) electrons. The first kappa shape index (κ1) is 13.0. The molecule has 5 heteroatoms. The number of likely N-dealkylation sites (tertiary alicyclic amines) is 1. The number of carbonyl (C=O) groups excluding carboxylic acids is 2. The smallest absolute Gasteiger partial charge is 0.323 e. The van der Waals surface area contributed by atoms with E-state index in [9.17, 15) is 9.59 Å². The van der Waals surface area contributed by atoms with Crippen LogP contribution in [0.3, 0.4) is 0 Å². The van der Waals surface area contributed by atoms with Crippen molar-refractivity contribution in [3.05, 3.63) is 0 Å². The summed E-state index contributed by atoms with van der Waals surface area (Å²) in [5.41, 5.74) is 5.32. The molecular weight excluding hydrogens is 208 g/mol. The molecule has 1 aliphatic rings. The van der Waals surface area contributed by atoms with Crippen molar-refractivity contribution in [3.63, 3.8) is 0 Å². The summed E-state index contributed by atoms with van der Waals surface area (Å²) in [5, 5.41) is 0. The Kier molecular flexibility index (Phi) is 4.73. The fraction of sp³-hybridized carbons (Fsp3) is 0.818. The summed E-state index contributed by atoms with van der Waals surface area (Å²) in [4.78, 5) is 24.8. The predicted molar refractivity (Wildman–Crippen MR) is 59.6 cm³/mol. The molecule has 0 bridgehead atoms. The number of amides is 1. The van der Waals surface area contributed by atoms with Crippen molar-refractivity contribution in [2.24, 2.45) is 5.73 Å². The normalized spacial score (nSPS) is 23.0. The van der Waals surface area contributed by atoms with E-state index in [-0.39, 0.29) is 24.0 Å². The van der Waals surface area contributed by atoms with E-state index in [2.05, 4.69) is 0 Å². The van der Waals surface area contributed by atoms with Gasteiger partial charge < -0.3 is 10.5 Å². The van der Waals surface area contributed by atoms with Gasteiger partial charge in [-0.05, 0) is 32.7 Å². The maximum atomic E-state index is 11.7. The van der Waals surface area contributed by atoms with Gasteiger partial charge in [-0.15, -0.1) is 0 Å². The van der Waals surface area contributed by atoms with Gasteiger partial charge in [0.25, 0.3) is 0 Å². The predicted octanol–water partition coefficient (Wildman–Crippen LogP) is 0.278. The van der Waals surface area contributed by atoms with E-state index >= 15 is 0 Å². The molecular formula is C11H20N2O3. The lowest BCUT2D eigenvalue weighted by Gasteiger charge is -2.28. The number of hydrogen-bond acceptors (Lipinski definition) is 4. The fourth-order valence-electron chi connectivity index (χ4n) is 2.24. The van der Waals surface area contributed by atoms with Crippen LogP contribution in [0.1, 0.15) is 33.1 Å². The molecule has 1 rings (SSSR count). The Morgan fingerprint density at radius 3 is 2.69 bits per heavy atom. The largest absolute Gasteiger partial charge is 0.465 e. The van der Waals surface area contributed by atoms with Crippen molar-refractivity contribution in [3.8, 4) is 0 Å². The van der Waals surface area contributed by atoms with Crippen LogP contribution in [0.2, 0.25) is 0 Å². The molecule has 1 saturated heterocycles. The Morgan fingerprint density at radius 2 is 2.19 bits per heavy atom. The van der Waals surface area contributed by atoms with E-state index in [0.717, 1.165) is 19.4 Å². The van der Waals surface area contributed by atoms with Crippen molar-refractivity contribution in [2.75, 3.05) is 13.2 Å². The molecule has 0 aromatic heterocycles. The van der Waals surface area contributed by atoms with Gasteiger partial charge in [-0.3, -0.25) is 14.5 Å². The number of nitrogens with zero attached hydrogens (tertiary/aromatic N) is 1. The molecule has 0 aromatic carbocycles. The summed E-state index contributed by atoms with van der Waals surface area (Å²) >= 11 is 0. The fourth-order valence-corrected chi connectivity index (χ4v) is 2.24. The van der Waals surface area contributed by atoms with Crippen LogP contribution in [-0.2, 0) is 14.3 Å². The molecule has 0 aliphatic carbocycles. The van der Waals surface area contributed by atoms with Gasteiger partial charge in [-0.25, -0.2) is 0 Å². The highest BCUT2D eigenvalue weighted by molar-refractivity contribution is 5.82. The van der Waals surface area contributed by atoms with Crippen molar-refractivity contribution in [1.29, 1.82) is 0 Å². The highest BCUT2D eigenvalue weighted by Gasteiger charge is 2.37. The Bertz CT molecular complexity index is 268. The second-order valence-corrected chi connectivity index (χ2v) is 3.97. The minimum Gasteiger partial charge on any atom is -0.465 e. The molecule has 0 aromatic rings. The lowest BCUT2D eigenvalue weighted by Crippen LogP contribution is -2.49. The first-order valence-electron chi connectivity index (χ1n) is 5.83. The number of carbonyl (C=O) groups is 2. The van der Waals surface area contributed by atoms with Gasteiger partial charge in [0.15, 0.2) is 0 Å². The van der Waals surface area contributed by atoms with E-state index in [1.165, 1.54) is 0 Å². The number of ether oxygens (including phenoxy) is 1. The third-order valence-corrected chi connectivity index (χ3v) is 2.97. The maximum Gasteiger partial charge on any atom is 0.323 e. The average molecular weight is 228 g/mol. The van der Waals surface area contributed by atoms with Gasteiger partial charge in [0, 0.05) is 0 Å². The molecule has 16 heavy (non-hydrogen) atoms. The molecule has 1 heterocycles. The van der Waals surface area contributed by atoms with Crippen molar-refractivity contribution < 1.29 is 14.3 Å². The summed E-state index contributed by atoms with van der Waals surface area (Å²) < 4.78 is 5.00. The number of hydrogen-bond donors (Lipinski definition) is 1. The standard InChI is InChI=1S/C11H20N2O3/c1-3-8(11(15)16-4-2)13-7-5-6-9(13)10(12)14/h8-9H,3-7H2,1-2H3,(H2,12,14). The molecule has 2 N–H and O–H groups in total. The molecule has 2 atom stereocenters. The van der Waals surface area contributed by atoms with Gasteiger partial charge in [0.2, 0.25) is 5.91 Å². The van der Waals surface area contributed by atoms with Crippen LogP contribution in [-0.4, -0.2) is 42.0 Å². The number of nitrogens with two attached hydrogens (primary N) is 1. The maximum absolute atomic E-state index is 11.7. The van der Waals surface area contributed by atoms with E-state index in [1.807, 2.05) is 11.8 Å². The minimum absolute atomic E-state index is 0.252. The van der Waals surface area contributed by atoms with Crippen LogP contribution in [0.15, 0.2) is 0 Å². The first-order valence-corrected chi connectivity index (χ1v) is 5.83. The average Bonchev–Trinajstić information content (AvgIpc) is 2.68. The minimum atomic E-state index is -0.347. The summed E-state index contributed by atoms with van der Waals surface area (Å²) in [7, 11) is 0. The van der Waals surface area contributed by atoms with Crippen LogP contribution in [0, 0.1) is 0 Å². The Morgan fingerprint density at radius 1 is 1.50 bits per heavy atom. The monoisotopic (exact) mass is 228 g/mol.